The number of aromatic nitrogens is 2. The van der Waals surface area contributed by atoms with Crippen molar-refractivity contribution in [2.45, 2.75) is 26.4 Å². The zero-order chi connectivity index (χ0) is 24.4. The van der Waals surface area contributed by atoms with Gasteiger partial charge in [-0.1, -0.05) is 71.9 Å². The minimum Gasteiger partial charge on any atom is -0.497 e. The summed E-state index contributed by atoms with van der Waals surface area (Å²) in [5.41, 5.74) is 5.47. The number of hydrogen-bond acceptors (Lipinski definition) is 5. The van der Waals surface area contributed by atoms with E-state index >= 15 is 0 Å². The molecule has 2 amide bonds. The molecule has 0 radical (unpaired) electrons. The molecule has 0 bridgehead atoms. The second-order valence-electron chi connectivity index (χ2n) is 8.46. The Labute approximate surface area is 204 Å². The number of allylic oxidation sites excluding steroid dienone is 1. The Bertz CT molecular complexity index is 1380. The number of hydrogen-bond donors (Lipinski definition) is 1. The molecule has 1 aliphatic rings. The highest BCUT2D eigenvalue weighted by molar-refractivity contribution is 5.87. The lowest BCUT2D eigenvalue weighted by Crippen LogP contribution is -2.45. The van der Waals surface area contributed by atoms with Gasteiger partial charge in [0, 0.05) is 11.3 Å². The fraction of sp³-hybridized carbons (Fsp3) is 0.179. The summed E-state index contributed by atoms with van der Waals surface area (Å²) in [4.78, 5) is 19.8. The normalized spacial score (nSPS) is 15.8. The molecule has 1 N–H and O–H groups in total. The maximum atomic E-state index is 13.3. The van der Waals surface area contributed by atoms with Crippen LogP contribution in [0.4, 0.5) is 4.79 Å². The maximum Gasteiger partial charge on any atom is 0.322 e. The molecule has 4 aromatic rings. The number of methoxy groups -OCH3 is 1. The summed E-state index contributed by atoms with van der Waals surface area (Å²) in [6.07, 6.45) is 0. The van der Waals surface area contributed by atoms with E-state index in [-0.39, 0.29) is 6.03 Å². The lowest BCUT2D eigenvalue weighted by atomic mass is 9.94. The van der Waals surface area contributed by atoms with Gasteiger partial charge in [0.05, 0.1) is 25.3 Å². The average Bonchev–Trinajstić information content (AvgIpc) is 3.37. The number of rotatable bonds is 6. The van der Waals surface area contributed by atoms with E-state index in [1.165, 1.54) is 0 Å². The van der Waals surface area contributed by atoms with Gasteiger partial charge < -0.3 is 14.6 Å². The Kier molecular flexibility index (Phi) is 6.06. The predicted molar refractivity (Wildman–Crippen MR) is 133 cm³/mol. The first kappa shape index (κ1) is 22.4. The lowest BCUT2D eigenvalue weighted by molar-refractivity contribution is 0.203. The van der Waals surface area contributed by atoms with E-state index in [0.29, 0.717) is 18.3 Å². The predicted octanol–water partition coefficient (Wildman–Crippen LogP) is 5.75. The minimum absolute atomic E-state index is 0.182. The summed E-state index contributed by atoms with van der Waals surface area (Å²) in [6.45, 7) is 4.40. The number of carbonyl (C=O) groups is 1. The summed E-state index contributed by atoms with van der Waals surface area (Å²) in [5.74, 6) is 1.61. The minimum atomic E-state index is -0.453. The highest BCUT2D eigenvalue weighted by atomic mass is 16.5. The molecule has 0 saturated heterocycles. The van der Waals surface area contributed by atoms with Crippen molar-refractivity contribution in [2.24, 2.45) is 0 Å². The molecule has 7 heteroatoms. The third-order valence-corrected chi connectivity index (χ3v) is 6.32. The zero-order valence-electron chi connectivity index (χ0n) is 19.9. The Balaban J connectivity index is 1.60. The third kappa shape index (κ3) is 4.40. The van der Waals surface area contributed by atoms with Gasteiger partial charge in [0.1, 0.15) is 5.75 Å². The lowest BCUT2D eigenvalue weighted by Gasteiger charge is -2.35. The largest absolute Gasteiger partial charge is 0.497 e. The van der Waals surface area contributed by atoms with Gasteiger partial charge in [-0.15, -0.1) is 0 Å². The van der Waals surface area contributed by atoms with Gasteiger partial charge in [0.15, 0.2) is 0 Å². The molecular weight excluding hydrogens is 440 g/mol. The molecule has 1 unspecified atom stereocenters. The number of aryl methyl sites for hydroxylation is 1. The van der Waals surface area contributed by atoms with Gasteiger partial charge in [-0.2, -0.15) is 4.98 Å². The van der Waals surface area contributed by atoms with Crippen molar-refractivity contribution in [3.63, 3.8) is 0 Å². The molecule has 0 saturated carbocycles. The molecular formula is C28H26N4O3. The van der Waals surface area contributed by atoms with Crippen molar-refractivity contribution in [3.8, 4) is 17.1 Å². The van der Waals surface area contributed by atoms with Crippen LogP contribution in [0.5, 0.6) is 5.75 Å². The van der Waals surface area contributed by atoms with Gasteiger partial charge in [-0.3, -0.25) is 4.90 Å². The van der Waals surface area contributed by atoms with Crippen LogP contribution in [0.15, 0.2) is 89.1 Å². The molecule has 5 rings (SSSR count). The Morgan fingerprint density at radius 1 is 0.971 bits per heavy atom. The second kappa shape index (κ2) is 9.46. The summed E-state index contributed by atoms with van der Waals surface area (Å²) in [5, 5.41) is 7.37. The number of amides is 2. The quantitative estimate of drug-likeness (QED) is 0.391. The highest BCUT2D eigenvalue weighted by Crippen LogP contribution is 2.38. The Morgan fingerprint density at radius 3 is 2.40 bits per heavy atom. The number of carbonyl (C=O) groups excluding carboxylic acids is 1. The molecule has 7 nitrogen and oxygen atoms in total. The van der Waals surface area contributed by atoms with Crippen molar-refractivity contribution in [1.29, 1.82) is 0 Å². The van der Waals surface area contributed by atoms with Crippen molar-refractivity contribution >= 4 is 11.6 Å². The van der Waals surface area contributed by atoms with Gasteiger partial charge in [0.25, 0.3) is 5.89 Å². The summed E-state index contributed by atoms with van der Waals surface area (Å²) >= 11 is 0. The van der Waals surface area contributed by atoms with Gasteiger partial charge in [-0.05, 0) is 42.7 Å². The van der Waals surface area contributed by atoms with E-state index in [1.54, 1.807) is 12.0 Å². The van der Waals surface area contributed by atoms with Gasteiger partial charge >= 0.3 is 6.03 Å². The van der Waals surface area contributed by atoms with Crippen LogP contribution in [0.25, 0.3) is 17.0 Å². The van der Waals surface area contributed by atoms with Crippen molar-refractivity contribution in [1.82, 2.24) is 20.4 Å². The van der Waals surface area contributed by atoms with Crippen LogP contribution in [0.2, 0.25) is 0 Å². The monoisotopic (exact) mass is 466 g/mol. The number of nitrogens with one attached hydrogen (secondary N) is 1. The first-order valence-corrected chi connectivity index (χ1v) is 11.4. The first-order valence-electron chi connectivity index (χ1n) is 11.4. The smallest absolute Gasteiger partial charge is 0.322 e. The van der Waals surface area contributed by atoms with Crippen LogP contribution in [0.3, 0.4) is 0 Å². The van der Waals surface area contributed by atoms with Crippen LogP contribution in [0, 0.1) is 6.92 Å². The maximum absolute atomic E-state index is 13.3. The molecule has 0 fully saturated rings. The van der Waals surface area contributed by atoms with E-state index in [9.17, 15) is 4.79 Å². The molecule has 176 valence electrons. The summed E-state index contributed by atoms with van der Waals surface area (Å²) < 4.78 is 11.1. The first-order chi connectivity index (χ1) is 17.0. The van der Waals surface area contributed by atoms with E-state index in [4.69, 9.17) is 14.2 Å². The fourth-order valence-electron chi connectivity index (χ4n) is 4.29. The Morgan fingerprint density at radius 2 is 1.69 bits per heavy atom. The van der Waals surface area contributed by atoms with Crippen LogP contribution in [-0.4, -0.2) is 28.2 Å². The molecule has 0 spiro atoms. The van der Waals surface area contributed by atoms with Crippen molar-refractivity contribution in [3.05, 3.63) is 107 Å². The molecule has 1 aliphatic heterocycles. The molecule has 1 aromatic heterocycles. The van der Waals surface area contributed by atoms with E-state index in [1.807, 2.05) is 92.7 Å². The van der Waals surface area contributed by atoms with E-state index in [0.717, 1.165) is 39.3 Å². The van der Waals surface area contributed by atoms with Gasteiger partial charge in [-0.25, -0.2) is 4.79 Å². The molecule has 35 heavy (non-hydrogen) atoms. The van der Waals surface area contributed by atoms with Crippen LogP contribution in [-0.2, 0) is 6.54 Å². The number of nitrogens with zero attached hydrogens (tertiary/aromatic N) is 3. The highest BCUT2D eigenvalue weighted by Gasteiger charge is 2.36. The summed E-state index contributed by atoms with van der Waals surface area (Å²) in [6, 6.07) is 24.7. The van der Waals surface area contributed by atoms with Crippen LogP contribution < -0.4 is 10.1 Å². The average molecular weight is 467 g/mol. The van der Waals surface area contributed by atoms with Crippen molar-refractivity contribution < 1.29 is 14.1 Å². The zero-order valence-corrected chi connectivity index (χ0v) is 19.9. The van der Waals surface area contributed by atoms with Gasteiger partial charge in [0.2, 0.25) is 5.82 Å². The second-order valence-corrected chi connectivity index (χ2v) is 8.46. The van der Waals surface area contributed by atoms with Crippen LogP contribution >= 0.6 is 0 Å². The van der Waals surface area contributed by atoms with E-state index in [2.05, 4.69) is 10.5 Å². The van der Waals surface area contributed by atoms with Crippen molar-refractivity contribution in [2.75, 3.05) is 7.11 Å². The molecule has 3 aromatic carbocycles. The Hall–Kier alpha value is -4.39. The molecule has 2 heterocycles. The molecule has 0 aliphatic carbocycles. The summed E-state index contributed by atoms with van der Waals surface area (Å²) in [7, 11) is 1.62. The fourth-order valence-corrected chi connectivity index (χ4v) is 4.29. The number of ether oxygens (including phenoxy) is 1. The van der Waals surface area contributed by atoms with Crippen LogP contribution in [0.1, 0.15) is 35.5 Å². The standard InChI is InChI=1S/C28H26N4O3/c1-18-9-7-8-12-22(18)17-32-19(2)24(27-30-26(31-35-27)21-10-5-4-6-11-21)25(29-28(32)33)20-13-15-23(34-3)16-14-20/h4-16,25H,17H2,1-3H3,(H,29,33). The third-order valence-electron chi connectivity index (χ3n) is 6.32. The van der Waals surface area contributed by atoms with E-state index < -0.39 is 6.04 Å². The molecule has 1 atom stereocenters. The SMILES string of the molecule is COc1ccc(C2NC(=O)N(Cc3ccccc3C)C(C)=C2c2nc(-c3ccccc3)no2)cc1. The number of benzene rings is 3. The number of urea groups is 1. The topological polar surface area (TPSA) is 80.5 Å².